The number of hydrogen-bond donors (Lipinski definition) is 0. The minimum absolute atomic E-state index is 0.00581. The highest BCUT2D eigenvalue weighted by molar-refractivity contribution is 5.87. The summed E-state index contributed by atoms with van der Waals surface area (Å²) in [6, 6.07) is 2.55. The molecule has 7 nitrogen and oxygen atoms in total. The highest BCUT2D eigenvalue weighted by atomic mass is 19.4. The smallest absolute Gasteiger partial charge is 0.378 e. The fourth-order valence-electron chi connectivity index (χ4n) is 4.48. The molecule has 2 atom stereocenters. The molecule has 0 radical (unpaired) electrons. The van der Waals surface area contributed by atoms with Gasteiger partial charge in [0.05, 0.1) is 24.5 Å². The van der Waals surface area contributed by atoms with Gasteiger partial charge in [-0.3, -0.25) is 9.78 Å². The predicted octanol–water partition coefficient (Wildman–Crippen LogP) is 2.56. The van der Waals surface area contributed by atoms with Gasteiger partial charge in [0.25, 0.3) is 0 Å². The van der Waals surface area contributed by atoms with Crippen molar-refractivity contribution in [2.75, 3.05) is 42.6 Å². The Morgan fingerprint density at radius 1 is 1.17 bits per heavy atom. The third kappa shape index (κ3) is 3.38. The van der Waals surface area contributed by atoms with Gasteiger partial charge in [-0.05, 0) is 12.5 Å². The van der Waals surface area contributed by atoms with Crippen molar-refractivity contribution in [1.82, 2.24) is 15.0 Å². The van der Waals surface area contributed by atoms with Crippen LogP contribution in [-0.4, -0.2) is 59.6 Å². The first-order valence-electron chi connectivity index (χ1n) is 9.93. The highest BCUT2D eigenvalue weighted by Gasteiger charge is 2.45. The molecule has 1 saturated carbocycles. The second-order valence-corrected chi connectivity index (χ2v) is 7.84. The van der Waals surface area contributed by atoms with Gasteiger partial charge in [-0.25, -0.2) is 4.98 Å². The molecule has 0 unspecified atom stereocenters. The van der Waals surface area contributed by atoms with Gasteiger partial charge >= 0.3 is 6.18 Å². The van der Waals surface area contributed by atoms with E-state index in [0.717, 1.165) is 18.7 Å². The Morgan fingerprint density at radius 3 is 2.63 bits per heavy atom. The van der Waals surface area contributed by atoms with Crippen molar-refractivity contribution in [2.45, 2.75) is 25.1 Å². The number of ether oxygens (including phenoxy) is 1. The number of hydrogen-bond acceptors (Lipinski definition) is 7. The lowest BCUT2D eigenvalue weighted by Gasteiger charge is -2.31. The van der Waals surface area contributed by atoms with Crippen LogP contribution in [-0.2, 0) is 15.7 Å². The molecule has 2 bridgehead atoms. The molecule has 2 aromatic rings. The van der Waals surface area contributed by atoms with Crippen LogP contribution in [0.1, 0.15) is 18.4 Å². The number of ketones is 1. The van der Waals surface area contributed by atoms with Gasteiger partial charge in [0.1, 0.15) is 11.6 Å². The van der Waals surface area contributed by atoms with E-state index in [1.807, 2.05) is 9.80 Å². The molecule has 3 aliphatic rings. The summed E-state index contributed by atoms with van der Waals surface area (Å²) in [5.41, 5.74) is -0.687. The molecule has 5 rings (SSSR count). The Bertz CT molecular complexity index is 977. The summed E-state index contributed by atoms with van der Waals surface area (Å²) in [5.74, 6) is 1.13. The molecule has 0 N–H and O–H groups in total. The number of halogens is 3. The van der Waals surface area contributed by atoms with Gasteiger partial charge in [-0.1, -0.05) is 0 Å². The second-order valence-electron chi connectivity index (χ2n) is 7.84. The summed E-state index contributed by atoms with van der Waals surface area (Å²) < 4.78 is 46.2. The van der Waals surface area contributed by atoms with Crippen LogP contribution in [0.4, 0.5) is 24.9 Å². The van der Waals surface area contributed by atoms with Crippen LogP contribution in [0.2, 0.25) is 0 Å². The van der Waals surface area contributed by atoms with E-state index in [-0.39, 0.29) is 29.0 Å². The number of aromatic nitrogens is 3. The van der Waals surface area contributed by atoms with Crippen molar-refractivity contribution < 1.29 is 22.7 Å². The Morgan fingerprint density at radius 2 is 1.97 bits per heavy atom. The SMILES string of the molecule is O=C1C[C@H]2C[C@@H]1CN2c1nc(-c2cnccc2C(F)(F)F)cc(N2CCOCC2)n1. The largest absolute Gasteiger partial charge is 0.417 e. The average Bonchev–Trinajstić information content (AvgIpc) is 3.33. The number of anilines is 2. The Labute approximate surface area is 170 Å². The van der Waals surface area contributed by atoms with Crippen molar-refractivity contribution in [3.63, 3.8) is 0 Å². The Balaban J connectivity index is 1.60. The zero-order valence-corrected chi connectivity index (χ0v) is 16.1. The number of alkyl halides is 3. The van der Waals surface area contributed by atoms with Crippen molar-refractivity contribution in [2.24, 2.45) is 5.92 Å². The average molecular weight is 419 g/mol. The van der Waals surface area contributed by atoms with E-state index in [0.29, 0.717) is 51.0 Å². The van der Waals surface area contributed by atoms with E-state index in [9.17, 15) is 18.0 Å². The van der Waals surface area contributed by atoms with Crippen LogP contribution < -0.4 is 9.80 Å². The lowest BCUT2D eigenvalue weighted by molar-refractivity contribution is -0.137. The predicted molar refractivity (Wildman–Crippen MR) is 102 cm³/mol. The number of Topliss-reactive ketones (excluding diaryl/α,β-unsaturated/α-hetero) is 1. The number of carbonyl (C=O) groups is 1. The fraction of sp³-hybridized carbons (Fsp3) is 0.500. The summed E-state index contributed by atoms with van der Waals surface area (Å²) >= 11 is 0. The van der Waals surface area contributed by atoms with Crippen molar-refractivity contribution in [1.29, 1.82) is 0 Å². The summed E-state index contributed by atoms with van der Waals surface area (Å²) in [5, 5.41) is 0. The van der Waals surface area contributed by atoms with E-state index in [4.69, 9.17) is 4.74 Å². The molecule has 10 heteroatoms. The maximum Gasteiger partial charge on any atom is 0.417 e. The third-order valence-electron chi connectivity index (χ3n) is 6.00. The zero-order chi connectivity index (χ0) is 20.9. The molecule has 2 aliphatic heterocycles. The zero-order valence-electron chi connectivity index (χ0n) is 16.1. The van der Waals surface area contributed by atoms with Crippen LogP contribution >= 0.6 is 0 Å². The Hall–Kier alpha value is -2.75. The molecule has 2 aromatic heterocycles. The van der Waals surface area contributed by atoms with E-state index in [1.54, 1.807) is 6.07 Å². The second kappa shape index (κ2) is 7.19. The molecular formula is C20H20F3N5O2. The van der Waals surface area contributed by atoms with Crippen molar-refractivity contribution in [3.8, 4) is 11.3 Å². The lowest BCUT2D eigenvalue weighted by atomic mass is 10.1. The molecule has 0 spiro atoms. The molecular weight excluding hydrogens is 399 g/mol. The standard InChI is InChI=1S/C20H20F3N5O2/c21-20(22,23)15-1-2-24-10-14(15)16-9-18(27-3-5-30-6-4-27)26-19(25-16)28-11-12-7-13(28)8-17(12)29/h1-2,9-10,12-13H,3-8,11H2/t12-,13-/m1/s1. The van der Waals surface area contributed by atoms with E-state index < -0.39 is 11.7 Å². The number of carbonyl (C=O) groups excluding carboxylic acids is 1. The molecule has 0 aromatic carbocycles. The first-order chi connectivity index (χ1) is 14.4. The van der Waals surface area contributed by atoms with Crippen LogP contribution in [0, 0.1) is 5.92 Å². The highest BCUT2D eigenvalue weighted by Crippen LogP contribution is 2.40. The number of fused-ring (bicyclic) bond motifs is 2. The van der Waals surface area contributed by atoms with Crippen molar-refractivity contribution in [3.05, 3.63) is 30.1 Å². The van der Waals surface area contributed by atoms with E-state index >= 15 is 0 Å². The molecule has 2 saturated heterocycles. The van der Waals surface area contributed by atoms with Gasteiger partial charge in [0.15, 0.2) is 0 Å². The normalized spacial score (nSPS) is 24.0. The monoisotopic (exact) mass is 419 g/mol. The Kier molecular flexibility index (Phi) is 4.61. The first-order valence-corrected chi connectivity index (χ1v) is 9.93. The van der Waals surface area contributed by atoms with Gasteiger partial charge in [0.2, 0.25) is 5.95 Å². The van der Waals surface area contributed by atoms with Crippen LogP contribution in [0.15, 0.2) is 24.5 Å². The summed E-state index contributed by atoms with van der Waals surface area (Å²) in [6.45, 7) is 2.75. The summed E-state index contributed by atoms with van der Waals surface area (Å²) in [6.07, 6.45) is -1.02. The van der Waals surface area contributed by atoms with Gasteiger partial charge in [0, 0.05) is 62.0 Å². The van der Waals surface area contributed by atoms with Crippen LogP contribution in [0.5, 0.6) is 0 Å². The molecule has 3 fully saturated rings. The molecule has 4 heterocycles. The number of piperidine rings is 1. The van der Waals surface area contributed by atoms with Gasteiger partial charge in [-0.2, -0.15) is 18.2 Å². The number of morpholine rings is 1. The summed E-state index contributed by atoms with van der Waals surface area (Å²) in [7, 11) is 0. The minimum Gasteiger partial charge on any atom is -0.378 e. The quantitative estimate of drug-likeness (QED) is 0.757. The van der Waals surface area contributed by atoms with Crippen LogP contribution in [0.3, 0.4) is 0 Å². The minimum atomic E-state index is -4.53. The van der Waals surface area contributed by atoms with Gasteiger partial charge in [-0.15, -0.1) is 0 Å². The van der Waals surface area contributed by atoms with Crippen LogP contribution in [0.25, 0.3) is 11.3 Å². The maximum atomic E-state index is 13.6. The molecule has 1 aliphatic carbocycles. The lowest BCUT2D eigenvalue weighted by Crippen LogP contribution is -2.39. The molecule has 30 heavy (non-hydrogen) atoms. The molecule has 0 amide bonds. The van der Waals surface area contributed by atoms with Crippen molar-refractivity contribution >= 4 is 17.5 Å². The number of pyridine rings is 1. The van der Waals surface area contributed by atoms with Gasteiger partial charge < -0.3 is 14.5 Å². The van der Waals surface area contributed by atoms with E-state index in [1.165, 1.54) is 6.20 Å². The number of nitrogens with zero attached hydrogens (tertiary/aromatic N) is 5. The molecule has 158 valence electrons. The number of rotatable bonds is 3. The first kappa shape index (κ1) is 19.2. The third-order valence-corrected chi connectivity index (χ3v) is 6.00. The maximum absolute atomic E-state index is 13.6. The fourth-order valence-corrected chi connectivity index (χ4v) is 4.48. The summed E-state index contributed by atoms with van der Waals surface area (Å²) in [4.78, 5) is 29.0. The topological polar surface area (TPSA) is 71.5 Å². The van der Waals surface area contributed by atoms with E-state index in [2.05, 4.69) is 15.0 Å².